The number of benzene rings is 1. The summed E-state index contributed by atoms with van der Waals surface area (Å²) in [6.45, 7) is 5.97. The zero-order chi connectivity index (χ0) is 25.0. The number of fused-ring (bicyclic) bond motifs is 1. The van der Waals surface area contributed by atoms with Gasteiger partial charge in [-0.05, 0) is 43.7 Å². The van der Waals surface area contributed by atoms with Gasteiger partial charge in [0.2, 0.25) is 0 Å². The van der Waals surface area contributed by atoms with Crippen LogP contribution in [0.2, 0.25) is 0 Å². The molecule has 2 aromatic heterocycles. The lowest BCUT2D eigenvalue weighted by atomic mass is 10.2. The van der Waals surface area contributed by atoms with Crippen LogP contribution in [0.3, 0.4) is 0 Å². The van der Waals surface area contributed by atoms with Crippen LogP contribution in [0.5, 0.6) is 0 Å². The Hall–Kier alpha value is -3.15. The van der Waals surface area contributed by atoms with E-state index in [0.29, 0.717) is 17.1 Å². The van der Waals surface area contributed by atoms with Crippen LogP contribution in [0.25, 0.3) is 11.0 Å². The quantitative estimate of drug-likeness (QED) is 0.506. The lowest BCUT2D eigenvalue weighted by Crippen LogP contribution is -2.49. The Balaban J connectivity index is 0.000000917. The smallest absolute Gasteiger partial charge is 0.290 e. The Kier molecular flexibility index (Phi) is 7.58. The molecule has 2 aliphatic rings. The van der Waals surface area contributed by atoms with E-state index in [4.69, 9.17) is 14.6 Å². The SMILES string of the molecule is CO[C@H]1CCN(c2cccc(S(=O)(=O)n3cc(N4CCN[C@@H](C)C4)c4ncccc43)c2)C1.O=CO. The van der Waals surface area contributed by atoms with Crippen molar-refractivity contribution >= 4 is 38.9 Å². The van der Waals surface area contributed by atoms with E-state index >= 15 is 0 Å². The third kappa shape index (κ3) is 5.12. The maximum atomic E-state index is 13.8. The molecule has 5 rings (SSSR count). The first-order valence-electron chi connectivity index (χ1n) is 11.5. The molecule has 0 saturated carbocycles. The Morgan fingerprint density at radius 1 is 1.17 bits per heavy atom. The molecule has 1 aromatic carbocycles. The minimum atomic E-state index is -3.79. The summed E-state index contributed by atoms with van der Waals surface area (Å²) in [6.07, 6.45) is 4.57. The number of hydrogen-bond donors (Lipinski definition) is 2. The van der Waals surface area contributed by atoms with Gasteiger partial charge in [0.25, 0.3) is 16.5 Å². The normalized spacial score (nSPS) is 20.5. The molecule has 0 amide bonds. The molecule has 2 aliphatic heterocycles. The van der Waals surface area contributed by atoms with Crippen LogP contribution in [0, 0.1) is 0 Å². The molecule has 35 heavy (non-hydrogen) atoms. The number of carboxylic acid groups (broad SMARTS) is 1. The number of piperazine rings is 1. The lowest BCUT2D eigenvalue weighted by Gasteiger charge is -2.32. The standard InChI is InChI=1S/C23H29N5O3S.CH2O2/c1-17-14-27(12-10-24-17)22-16-28(21-7-4-9-25-23(21)22)32(29,30)20-6-3-5-18(13-20)26-11-8-19(15-26)31-2;2-1-3/h3-7,9,13,16-17,19,24H,8,10-12,14-15H2,1-2H3;1H,(H,2,3)/t17-,19-;/m0./s1. The monoisotopic (exact) mass is 501 g/mol. The van der Waals surface area contributed by atoms with Gasteiger partial charge in [-0.2, -0.15) is 0 Å². The van der Waals surface area contributed by atoms with Crippen molar-refractivity contribution in [3.8, 4) is 0 Å². The van der Waals surface area contributed by atoms with Crippen LogP contribution in [0.1, 0.15) is 13.3 Å². The van der Waals surface area contributed by atoms with Crippen molar-refractivity contribution in [2.24, 2.45) is 0 Å². The zero-order valence-electron chi connectivity index (χ0n) is 19.9. The van der Waals surface area contributed by atoms with E-state index in [9.17, 15) is 8.42 Å². The van der Waals surface area contributed by atoms with Crippen LogP contribution in [0.4, 0.5) is 11.4 Å². The topological polar surface area (TPSA) is 117 Å². The molecule has 2 fully saturated rings. The fourth-order valence-corrected chi connectivity index (χ4v) is 6.10. The second-order valence-electron chi connectivity index (χ2n) is 8.68. The van der Waals surface area contributed by atoms with Gasteiger partial charge in [0, 0.05) is 64.0 Å². The number of hydrogen-bond acceptors (Lipinski definition) is 8. The number of carbonyl (C=O) groups is 1. The number of nitrogens with one attached hydrogen (secondary N) is 1. The molecule has 2 N–H and O–H groups in total. The molecule has 2 atom stereocenters. The van der Waals surface area contributed by atoms with Crippen LogP contribution >= 0.6 is 0 Å². The van der Waals surface area contributed by atoms with E-state index in [1.807, 2.05) is 18.2 Å². The molecule has 4 heterocycles. The van der Waals surface area contributed by atoms with Crippen LogP contribution in [-0.2, 0) is 19.6 Å². The summed E-state index contributed by atoms with van der Waals surface area (Å²) in [5.74, 6) is 0. The van der Waals surface area contributed by atoms with E-state index in [1.54, 1.807) is 37.7 Å². The van der Waals surface area contributed by atoms with Gasteiger partial charge in [-0.1, -0.05) is 6.07 Å². The molecule has 0 radical (unpaired) electrons. The number of anilines is 2. The van der Waals surface area contributed by atoms with Crippen molar-refractivity contribution in [1.82, 2.24) is 14.3 Å². The number of ether oxygens (including phenoxy) is 1. The maximum absolute atomic E-state index is 13.8. The zero-order valence-corrected chi connectivity index (χ0v) is 20.7. The van der Waals surface area contributed by atoms with Gasteiger partial charge in [-0.3, -0.25) is 9.78 Å². The third-order valence-electron chi connectivity index (χ3n) is 6.43. The molecular weight excluding hydrogens is 470 g/mol. The molecule has 0 spiro atoms. The fourth-order valence-electron chi connectivity index (χ4n) is 4.70. The maximum Gasteiger partial charge on any atom is 0.290 e. The largest absolute Gasteiger partial charge is 0.483 e. The Bertz CT molecular complexity index is 1280. The van der Waals surface area contributed by atoms with Crippen LogP contribution in [-0.4, -0.2) is 80.9 Å². The summed E-state index contributed by atoms with van der Waals surface area (Å²) in [5, 5.41) is 10.3. The molecule has 0 aliphatic carbocycles. The molecule has 0 bridgehead atoms. The van der Waals surface area contributed by atoms with Gasteiger partial charge >= 0.3 is 0 Å². The third-order valence-corrected chi connectivity index (χ3v) is 8.10. The van der Waals surface area contributed by atoms with Crippen LogP contribution < -0.4 is 15.1 Å². The van der Waals surface area contributed by atoms with E-state index < -0.39 is 10.0 Å². The minimum absolute atomic E-state index is 0.179. The highest BCUT2D eigenvalue weighted by Gasteiger charge is 2.27. The van der Waals surface area contributed by atoms with Crippen molar-refractivity contribution in [3.63, 3.8) is 0 Å². The second-order valence-corrected chi connectivity index (χ2v) is 10.5. The van der Waals surface area contributed by atoms with Crippen molar-refractivity contribution in [2.45, 2.75) is 30.4 Å². The Morgan fingerprint density at radius 2 is 1.97 bits per heavy atom. The van der Waals surface area contributed by atoms with Crippen molar-refractivity contribution < 1.29 is 23.1 Å². The minimum Gasteiger partial charge on any atom is -0.483 e. The molecular formula is C24H31N5O5S. The molecule has 10 nitrogen and oxygen atoms in total. The highest BCUT2D eigenvalue weighted by molar-refractivity contribution is 7.90. The van der Waals surface area contributed by atoms with Crippen LogP contribution in [0.15, 0.2) is 53.7 Å². The summed E-state index contributed by atoms with van der Waals surface area (Å²) in [5.41, 5.74) is 3.07. The molecule has 11 heteroatoms. The van der Waals surface area contributed by atoms with Gasteiger partial charge in [-0.25, -0.2) is 12.4 Å². The van der Waals surface area contributed by atoms with Gasteiger partial charge in [0.05, 0.1) is 22.2 Å². The lowest BCUT2D eigenvalue weighted by molar-refractivity contribution is -0.122. The molecule has 2 saturated heterocycles. The Morgan fingerprint density at radius 3 is 2.69 bits per heavy atom. The van der Waals surface area contributed by atoms with Crippen molar-refractivity contribution in [3.05, 3.63) is 48.8 Å². The second kappa shape index (κ2) is 10.6. The Labute approximate surface area is 205 Å². The van der Waals surface area contributed by atoms with E-state index in [1.165, 1.54) is 3.97 Å². The average Bonchev–Trinajstić information content (AvgIpc) is 3.50. The van der Waals surface area contributed by atoms with Crippen molar-refractivity contribution in [1.29, 1.82) is 0 Å². The molecule has 3 aromatic rings. The average molecular weight is 502 g/mol. The number of rotatable bonds is 5. The predicted octanol–water partition coefficient (Wildman–Crippen LogP) is 2.00. The van der Waals surface area contributed by atoms with Gasteiger partial charge in [0.1, 0.15) is 5.52 Å². The van der Waals surface area contributed by atoms with E-state index in [0.717, 1.165) is 50.5 Å². The first kappa shape index (κ1) is 25.0. The number of nitrogens with zero attached hydrogens (tertiary/aromatic N) is 4. The summed E-state index contributed by atoms with van der Waals surface area (Å²) in [7, 11) is -2.07. The number of aromatic nitrogens is 2. The first-order chi connectivity index (χ1) is 16.9. The van der Waals surface area contributed by atoms with E-state index in [-0.39, 0.29) is 17.5 Å². The molecule has 188 valence electrons. The molecule has 0 unspecified atom stereocenters. The van der Waals surface area contributed by atoms with Gasteiger partial charge < -0.3 is 25.0 Å². The number of methoxy groups -OCH3 is 1. The van der Waals surface area contributed by atoms with E-state index in [2.05, 4.69) is 27.0 Å². The number of pyridine rings is 1. The summed E-state index contributed by atoms with van der Waals surface area (Å²) in [4.78, 5) is 17.6. The predicted molar refractivity (Wildman–Crippen MR) is 135 cm³/mol. The summed E-state index contributed by atoms with van der Waals surface area (Å²) >= 11 is 0. The van der Waals surface area contributed by atoms with Crippen molar-refractivity contribution in [2.75, 3.05) is 49.6 Å². The first-order valence-corrected chi connectivity index (χ1v) is 13.0. The highest BCUT2D eigenvalue weighted by Crippen LogP contribution is 2.32. The highest BCUT2D eigenvalue weighted by atomic mass is 32.2. The van der Waals surface area contributed by atoms with Gasteiger partial charge in [-0.15, -0.1) is 0 Å². The summed E-state index contributed by atoms with van der Waals surface area (Å²) < 4.78 is 34.4. The fraction of sp³-hybridized carbons (Fsp3) is 0.417. The van der Waals surface area contributed by atoms with Gasteiger partial charge in [0.15, 0.2) is 0 Å². The summed E-state index contributed by atoms with van der Waals surface area (Å²) in [6, 6.07) is 11.1.